The van der Waals surface area contributed by atoms with E-state index in [9.17, 15) is 14.7 Å². The molecule has 0 unspecified atom stereocenters. The van der Waals surface area contributed by atoms with Gasteiger partial charge < -0.3 is 15.2 Å². The predicted octanol–water partition coefficient (Wildman–Crippen LogP) is 2.95. The minimum Gasteiger partial charge on any atom is -0.497 e. The van der Waals surface area contributed by atoms with Crippen molar-refractivity contribution in [2.24, 2.45) is 0 Å². The molecule has 5 heteroatoms. The van der Waals surface area contributed by atoms with E-state index in [0.717, 1.165) is 5.56 Å². The zero-order chi connectivity index (χ0) is 15.4. The summed E-state index contributed by atoms with van der Waals surface area (Å²) in [7, 11) is 1.55. The number of aryl methyl sites for hydroxylation is 1. The van der Waals surface area contributed by atoms with E-state index in [1.807, 2.05) is 0 Å². The van der Waals surface area contributed by atoms with Crippen LogP contribution in [0.4, 0.5) is 5.69 Å². The van der Waals surface area contributed by atoms with E-state index in [1.165, 1.54) is 12.1 Å². The lowest BCUT2D eigenvalue weighted by molar-refractivity contribution is 0.0692. The number of rotatable bonds is 4. The summed E-state index contributed by atoms with van der Waals surface area (Å²) in [6.07, 6.45) is 0. The first-order chi connectivity index (χ1) is 10.0. The Labute approximate surface area is 122 Å². The third-order valence-corrected chi connectivity index (χ3v) is 3.00. The monoisotopic (exact) mass is 285 g/mol. The molecule has 0 aliphatic heterocycles. The molecule has 1 amide bonds. The van der Waals surface area contributed by atoms with Crippen molar-refractivity contribution in [3.63, 3.8) is 0 Å². The largest absolute Gasteiger partial charge is 0.497 e. The Morgan fingerprint density at radius 1 is 1.05 bits per heavy atom. The van der Waals surface area contributed by atoms with Gasteiger partial charge in [0.2, 0.25) is 0 Å². The van der Waals surface area contributed by atoms with Crippen LogP contribution in [0.15, 0.2) is 42.5 Å². The average Bonchev–Trinajstić information content (AvgIpc) is 2.47. The number of amides is 1. The fourth-order valence-corrected chi connectivity index (χ4v) is 1.91. The average molecular weight is 285 g/mol. The van der Waals surface area contributed by atoms with Crippen molar-refractivity contribution in [3.05, 3.63) is 59.2 Å². The van der Waals surface area contributed by atoms with E-state index in [-0.39, 0.29) is 11.1 Å². The summed E-state index contributed by atoms with van der Waals surface area (Å²) in [5, 5.41) is 11.8. The zero-order valence-electron chi connectivity index (χ0n) is 11.7. The van der Waals surface area contributed by atoms with Gasteiger partial charge in [-0.25, -0.2) is 4.79 Å². The van der Waals surface area contributed by atoms with Crippen molar-refractivity contribution in [1.82, 2.24) is 0 Å². The molecule has 0 aliphatic carbocycles. The van der Waals surface area contributed by atoms with E-state index in [1.54, 1.807) is 44.4 Å². The Kier molecular flexibility index (Phi) is 4.23. The van der Waals surface area contributed by atoms with Crippen molar-refractivity contribution in [2.45, 2.75) is 6.92 Å². The molecule has 2 rings (SSSR count). The number of nitrogens with one attached hydrogen (secondary N) is 1. The summed E-state index contributed by atoms with van der Waals surface area (Å²) in [4.78, 5) is 23.4. The number of hydrogen-bond acceptors (Lipinski definition) is 3. The lowest BCUT2D eigenvalue weighted by Gasteiger charge is -2.09. The van der Waals surface area contributed by atoms with Gasteiger partial charge in [0, 0.05) is 5.69 Å². The van der Waals surface area contributed by atoms with Gasteiger partial charge >= 0.3 is 5.97 Å². The van der Waals surface area contributed by atoms with Gasteiger partial charge in [-0.2, -0.15) is 0 Å². The van der Waals surface area contributed by atoms with Crippen LogP contribution >= 0.6 is 0 Å². The number of carboxylic acids is 1. The van der Waals surface area contributed by atoms with Crippen LogP contribution in [-0.2, 0) is 0 Å². The molecule has 0 aromatic heterocycles. The molecular formula is C16H15NO4. The second-order valence-electron chi connectivity index (χ2n) is 4.54. The normalized spacial score (nSPS) is 10.0. The van der Waals surface area contributed by atoms with Gasteiger partial charge in [-0.3, -0.25) is 4.79 Å². The molecule has 0 fully saturated rings. The van der Waals surface area contributed by atoms with Crippen LogP contribution in [0.25, 0.3) is 0 Å². The van der Waals surface area contributed by atoms with Crippen LogP contribution in [0.1, 0.15) is 26.3 Å². The van der Waals surface area contributed by atoms with Crippen molar-refractivity contribution < 1.29 is 19.4 Å². The van der Waals surface area contributed by atoms with Crippen molar-refractivity contribution in [3.8, 4) is 5.75 Å². The minimum absolute atomic E-state index is 0.0130. The maximum absolute atomic E-state index is 12.2. The highest BCUT2D eigenvalue weighted by Crippen LogP contribution is 2.18. The summed E-state index contributed by atoms with van der Waals surface area (Å²) < 4.78 is 5.03. The van der Waals surface area contributed by atoms with E-state index in [0.29, 0.717) is 11.4 Å². The second-order valence-corrected chi connectivity index (χ2v) is 4.54. The first-order valence-electron chi connectivity index (χ1n) is 6.30. The first kappa shape index (κ1) is 14.6. The van der Waals surface area contributed by atoms with Crippen LogP contribution in [0.5, 0.6) is 5.75 Å². The molecule has 0 saturated carbocycles. The lowest BCUT2D eigenvalue weighted by Crippen LogP contribution is -2.16. The summed E-state index contributed by atoms with van der Waals surface area (Å²) in [5.41, 5.74) is 1.47. The molecule has 0 saturated heterocycles. The summed E-state index contributed by atoms with van der Waals surface area (Å²) >= 11 is 0. The number of hydrogen-bond donors (Lipinski definition) is 2. The zero-order valence-corrected chi connectivity index (χ0v) is 11.7. The van der Waals surface area contributed by atoms with Gasteiger partial charge in [-0.15, -0.1) is 0 Å². The molecule has 108 valence electrons. The van der Waals surface area contributed by atoms with Crippen LogP contribution in [0.3, 0.4) is 0 Å². The number of aromatic carboxylic acids is 1. The lowest BCUT2D eigenvalue weighted by atomic mass is 10.0. The first-order valence-corrected chi connectivity index (χ1v) is 6.30. The molecule has 2 N–H and O–H groups in total. The van der Waals surface area contributed by atoms with Crippen molar-refractivity contribution in [1.29, 1.82) is 0 Å². The maximum Gasteiger partial charge on any atom is 0.336 e. The Morgan fingerprint density at radius 3 is 2.29 bits per heavy atom. The standard InChI is InChI=1S/C16H15NO4/c1-10-3-8-13(14(9-10)16(19)20)15(18)17-11-4-6-12(21-2)7-5-11/h3-9H,1-2H3,(H,17,18)(H,19,20). The number of benzene rings is 2. The van der Waals surface area contributed by atoms with Crippen LogP contribution in [0, 0.1) is 6.92 Å². The Balaban J connectivity index is 2.25. The third kappa shape index (κ3) is 3.39. The highest BCUT2D eigenvalue weighted by Gasteiger charge is 2.16. The van der Waals surface area contributed by atoms with Crippen molar-refractivity contribution in [2.75, 3.05) is 12.4 Å². The molecule has 0 radical (unpaired) electrons. The maximum atomic E-state index is 12.2. The smallest absolute Gasteiger partial charge is 0.336 e. The fraction of sp³-hybridized carbons (Fsp3) is 0.125. The molecule has 0 heterocycles. The highest BCUT2D eigenvalue weighted by atomic mass is 16.5. The number of carbonyl (C=O) groups excluding carboxylic acids is 1. The summed E-state index contributed by atoms with van der Waals surface area (Å²) in [6.45, 7) is 1.78. The molecule has 0 aliphatic rings. The van der Waals surface area contributed by atoms with E-state index < -0.39 is 11.9 Å². The molecule has 5 nitrogen and oxygen atoms in total. The fourth-order valence-electron chi connectivity index (χ4n) is 1.91. The topological polar surface area (TPSA) is 75.6 Å². The summed E-state index contributed by atoms with van der Waals surface area (Å²) in [5.74, 6) is -0.911. The minimum atomic E-state index is -1.13. The van der Waals surface area contributed by atoms with Crippen LogP contribution in [0.2, 0.25) is 0 Å². The van der Waals surface area contributed by atoms with Gasteiger partial charge in [-0.05, 0) is 43.3 Å². The van der Waals surface area contributed by atoms with E-state index in [4.69, 9.17) is 4.74 Å². The number of anilines is 1. The van der Waals surface area contributed by atoms with Crippen molar-refractivity contribution >= 4 is 17.6 Å². The highest BCUT2D eigenvalue weighted by molar-refractivity contribution is 6.10. The van der Waals surface area contributed by atoms with Gasteiger partial charge in [-0.1, -0.05) is 11.6 Å². The Morgan fingerprint density at radius 2 is 1.71 bits per heavy atom. The predicted molar refractivity (Wildman–Crippen MR) is 79.1 cm³/mol. The molecule has 0 atom stereocenters. The molecule has 21 heavy (non-hydrogen) atoms. The SMILES string of the molecule is COc1ccc(NC(=O)c2ccc(C)cc2C(=O)O)cc1. The van der Waals surface area contributed by atoms with Crippen LogP contribution in [-0.4, -0.2) is 24.1 Å². The Hall–Kier alpha value is -2.82. The van der Waals surface area contributed by atoms with Gasteiger partial charge in [0.05, 0.1) is 18.2 Å². The summed E-state index contributed by atoms with van der Waals surface area (Å²) in [6, 6.07) is 11.5. The Bertz CT molecular complexity index is 677. The number of methoxy groups -OCH3 is 1. The molecule has 2 aromatic carbocycles. The number of ether oxygens (including phenoxy) is 1. The molecular weight excluding hydrogens is 270 g/mol. The molecule has 0 bridgehead atoms. The molecule has 0 spiro atoms. The second kappa shape index (κ2) is 6.09. The van der Waals surface area contributed by atoms with Gasteiger partial charge in [0.15, 0.2) is 0 Å². The number of carboxylic acid groups (broad SMARTS) is 1. The third-order valence-electron chi connectivity index (χ3n) is 3.00. The molecule has 2 aromatic rings. The number of carbonyl (C=O) groups is 2. The van der Waals surface area contributed by atoms with Gasteiger partial charge in [0.1, 0.15) is 5.75 Å². The van der Waals surface area contributed by atoms with Crippen LogP contribution < -0.4 is 10.1 Å². The van der Waals surface area contributed by atoms with Gasteiger partial charge in [0.25, 0.3) is 5.91 Å². The van der Waals surface area contributed by atoms with E-state index in [2.05, 4.69) is 5.32 Å². The van der Waals surface area contributed by atoms with E-state index >= 15 is 0 Å². The quantitative estimate of drug-likeness (QED) is 0.905.